The van der Waals surface area contributed by atoms with Gasteiger partial charge in [-0.2, -0.15) is 0 Å². The summed E-state index contributed by atoms with van der Waals surface area (Å²) in [4.78, 5) is 12.4. The number of hydrogen-bond acceptors (Lipinski definition) is 2. The predicted molar refractivity (Wildman–Crippen MR) is 55.7 cm³/mol. The van der Waals surface area contributed by atoms with Crippen LogP contribution >= 0.6 is 0 Å². The van der Waals surface area contributed by atoms with E-state index >= 15 is 0 Å². The van der Waals surface area contributed by atoms with E-state index in [-0.39, 0.29) is 0 Å². The zero-order valence-electron chi connectivity index (χ0n) is 9.21. The highest BCUT2D eigenvalue weighted by atomic mass is 16.1. The van der Waals surface area contributed by atoms with E-state index in [1.165, 1.54) is 0 Å². The lowest BCUT2D eigenvalue weighted by molar-refractivity contribution is -0.109. The van der Waals surface area contributed by atoms with Crippen LogP contribution in [0.15, 0.2) is 0 Å². The number of amides is 1. The van der Waals surface area contributed by atoms with E-state index in [1.807, 2.05) is 0 Å². The average molecular weight is 186 g/mol. The fourth-order valence-corrected chi connectivity index (χ4v) is 1.54. The lowest BCUT2D eigenvalue weighted by Gasteiger charge is -2.30. The van der Waals surface area contributed by atoms with E-state index < -0.39 is 0 Å². The normalized spacial score (nSPS) is 11.3. The topological polar surface area (TPSA) is 32.3 Å². The minimum absolute atomic E-state index is 0.580. The number of nitrogens with zero attached hydrogens (tertiary/aromatic N) is 1. The maximum atomic E-state index is 9.99. The van der Waals surface area contributed by atoms with Crippen molar-refractivity contribution in [3.63, 3.8) is 0 Å². The van der Waals surface area contributed by atoms with Crippen LogP contribution in [-0.4, -0.2) is 36.5 Å². The van der Waals surface area contributed by atoms with Gasteiger partial charge < -0.3 is 5.32 Å². The molecule has 0 radical (unpaired) electrons. The summed E-state index contributed by atoms with van der Waals surface area (Å²) in [5, 5.41) is 2.67. The molecule has 3 nitrogen and oxygen atoms in total. The summed E-state index contributed by atoms with van der Waals surface area (Å²) in [5.74, 6) is 0. The van der Waals surface area contributed by atoms with Crippen molar-refractivity contribution >= 4 is 6.41 Å². The monoisotopic (exact) mass is 186 g/mol. The van der Waals surface area contributed by atoms with Crippen LogP contribution in [0.25, 0.3) is 0 Å². The summed E-state index contributed by atoms with van der Waals surface area (Å²) in [6.07, 6.45) is 1.78. The average Bonchev–Trinajstić information content (AvgIpc) is 2.02. The molecule has 0 atom stereocenters. The molecule has 0 heterocycles. The van der Waals surface area contributed by atoms with Crippen LogP contribution in [-0.2, 0) is 4.79 Å². The van der Waals surface area contributed by atoms with Gasteiger partial charge in [0.25, 0.3) is 0 Å². The first kappa shape index (κ1) is 12.4. The molecule has 0 aromatic rings. The van der Waals surface area contributed by atoms with Crippen LogP contribution in [0.1, 0.15) is 34.1 Å². The van der Waals surface area contributed by atoms with Gasteiger partial charge in [0.05, 0.1) is 0 Å². The van der Waals surface area contributed by atoms with Gasteiger partial charge in [0.15, 0.2) is 0 Å². The van der Waals surface area contributed by atoms with Crippen molar-refractivity contribution in [1.82, 2.24) is 10.2 Å². The van der Waals surface area contributed by atoms with Crippen molar-refractivity contribution in [2.45, 2.75) is 46.2 Å². The summed E-state index contributed by atoms with van der Waals surface area (Å²) < 4.78 is 0. The number of carbonyl (C=O) groups is 1. The van der Waals surface area contributed by atoms with E-state index in [1.54, 1.807) is 0 Å². The molecule has 78 valence electrons. The number of carbonyl (C=O) groups excluding carboxylic acids is 1. The summed E-state index contributed by atoms with van der Waals surface area (Å²) >= 11 is 0. The van der Waals surface area contributed by atoms with Gasteiger partial charge in [-0.25, -0.2) is 0 Å². The minimum atomic E-state index is 0.580. The third-order valence-electron chi connectivity index (χ3n) is 2.15. The van der Waals surface area contributed by atoms with Gasteiger partial charge in [-0.15, -0.1) is 0 Å². The van der Waals surface area contributed by atoms with E-state index in [4.69, 9.17) is 0 Å². The highest BCUT2D eigenvalue weighted by molar-refractivity contribution is 5.45. The Kier molecular flexibility index (Phi) is 6.59. The Morgan fingerprint density at radius 1 is 1.23 bits per heavy atom. The van der Waals surface area contributed by atoms with Gasteiger partial charge in [0.2, 0.25) is 6.41 Å². The zero-order chi connectivity index (χ0) is 10.3. The molecular weight excluding hydrogens is 164 g/mol. The molecule has 0 fully saturated rings. The first-order valence-electron chi connectivity index (χ1n) is 5.02. The maximum absolute atomic E-state index is 9.99. The first-order valence-corrected chi connectivity index (χ1v) is 5.02. The van der Waals surface area contributed by atoms with Gasteiger partial charge in [-0.05, 0) is 34.1 Å². The van der Waals surface area contributed by atoms with Crippen molar-refractivity contribution in [2.75, 3.05) is 13.1 Å². The van der Waals surface area contributed by atoms with Gasteiger partial charge in [-0.1, -0.05) is 0 Å². The number of hydrogen-bond donors (Lipinski definition) is 1. The third-order valence-corrected chi connectivity index (χ3v) is 2.15. The maximum Gasteiger partial charge on any atom is 0.207 e. The van der Waals surface area contributed by atoms with Gasteiger partial charge in [0, 0.05) is 25.2 Å². The summed E-state index contributed by atoms with van der Waals surface area (Å²) in [6, 6.07) is 1.16. The second-order valence-electron chi connectivity index (χ2n) is 3.85. The Balaban J connectivity index is 3.63. The van der Waals surface area contributed by atoms with Crippen molar-refractivity contribution in [2.24, 2.45) is 0 Å². The molecule has 0 aliphatic rings. The molecule has 0 bridgehead atoms. The quantitative estimate of drug-likeness (QED) is 0.479. The molecule has 0 spiro atoms. The molecule has 0 saturated carbocycles. The largest absolute Gasteiger partial charge is 0.359 e. The summed E-state index contributed by atoms with van der Waals surface area (Å²) in [7, 11) is 0. The molecule has 0 aliphatic heterocycles. The van der Waals surface area contributed by atoms with Crippen LogP contribution < -0.4 is 5.32 Å². The zero-order valence-corrected chi connectivity index (χ0v) is 9.21. The molecule has 0 rings (SSSR count). The van der Waals surface area contributed by atoms with Gasteiger partial charge in [0.1, 0.15) is 0 Å². The highest BCUT2D eigenvalue weighted by Gasteiger charge is 2.11. The second-order valence-corrected chi connectivity index (χ2v) is 3.85. The van der Waals surface area contributed by atoms with Crippen LogP contribution in [0.5, 0.6) is 0 Å². The van der Waals surface area contributed by atoms with E-state index in [0.717, 1.165) is 25.9 Å². The standard InChI is InChI=1S/C10H22N2O/c1-9(2)12(10(3)4)7-5-6-11-8-13/h8-10H,5-7H2,1-4H3,(H,11,13). The molecule has 0 aromatic carbocycles. The Labute approximate surface area is 81.5 Å². The molecule has 1 amide bonds. The smallest absolute Gasteiger partial charge is 0.207 e. The van der Waals surface area contributed by atoms with Crippen LogP contribution in [0, 0.1) is 0 Å². The molecule has 0 unspecified atom stereocenters. The Morgan fingerprint density at radius 2 is 1.77 bits per heavy atom. The van der Waals surface area contributed by atoms with Gasteiger partial charge >= 0.3 is 0 Å². The van der Waals surface area contributed by atoms with Gasteiger partial charge in [-0.3, -0.25) is 9.69 Å². The molecule has 1 N–H and O–H groups in total. The predicted octanol–water partition coefficient (Wildman–Crippen LogP) is 1.24. The fourth-order valence-electron chi connectivity index (χ4n) is 1.54. The van der Waals surface area contributed by atoms with E-state index in [0.29, 0.717) is 12.1 Å². The van der Waals surface area contributed by atoms with Crippen molar-refractivity contribution in [1.29, 1.82) is 0 Å². The lowest BCUT2D eigenvalue weighted by atomic mass is 10.2. The summed E-state index contributed by atoms with van der Waals surface area (Å²) in [6.45, 7) is 10.6. The second kappa shape index (κ2) is 6.89. The van der Waals surface area contributed by atoms with Crippen LogP contribution in [0.3, 0.4) is 0 Å². The van der Waals surface area contributed by atoms with Crippen molar-refractivity contribution in [3.8, 4) is 0 Å². The number of nitrogens with one attached hydrogen (secondary N) is 1. The minimum Gasteiger partial charge on any atom is -0.359 e. The van der Waals surface area contributed by atoms with Crippen LogP contribution in [0.2, 0.25) is 0 Å². The van der Waals surface area contributed by atoms with Crippen molar-refractivity contribution < 1.29 is 4.79 Å². The fraction of sp³-hybridized carbons (Fsp3) is 0.900. The SMILES string of the molecule is CC(C)N(CCCNC=O)C(C)C. The molecule has 0 aromatic heterocycles. The van der Waals surface area contributed by atoms with Crippen molar-refractivity contribution in [3.05, 3.63) is 0 Å². The van der Waals surface area contributed by atoms with E-state index in [9.17, 15) is 4.79 Å². The first-order chi connectivity index (χ1) is 6.09. The molecule has 13 heavy (non-hydrogen) atoms. The number of rotatable bonds is 7. The molecule has 0 aliphatic carbocycles. The highest BCUT2D eigenvalue weighted by Crippen LogP contribution is 2.04. The Bertz CT molecular complexity index is 127. The van der Waals surface area contributed by atoms with E-state index in [2.05, 4.69) is 37.9 Å². The molecular formula is C10H22N2O. The van der Waals surface area contributed by atoms with Crippen LogP contribution in [0.4, 0.5) is 0 Å². The third kappa shape index (κ3) is 5.64. The molecule has 0 saturated heterocycles. The lowest BCUT2D eigenvalue weighted by Crippen LogP contribution is -2.38. The summed E-state index contributed by atoms with van der Waals surface area (Å²) in [5.41, 5.74) is 0. The Hall–Kier alpha value is -0.570. The Morgan fingerprint density at radius 3 is 2.15 bits per heavy atom. The molecule has 3 heteroatoms.